The summed E-state index contributed by atoms with van der Waals surface area (Å²) < 4.78 is 0. The topological polar surface area (TPSA) is 34.1 Å². The Bertz CT molecular complexity index is 239. The third kappa shape index (κ3) is 0.669. The molecule has 0 N–H and O–H groups in total. The molecule has 0 radical (unpaired) electrons. The molecule has 0 aliphatic heterocycles. The van der Waals surface area contributed by atoms with Gasteiger partial charge in [0.2, 0.25) is 0 Å². The summed E-state index contributed by atoms with van der Waals surface area (Å²) in [5.41, 5.74) is 0.456. The van der Waals surface area contributed by atoms with Crippen molar-refractivity contribution in [2.24, 2.45) is 11.8 Å². The summed E-state index contributed by atoms with van der Waals surface area (Å²) in [6, 6.07) is 0. The number of Topliss-reactive ketones (excluding diaryl/α,β-unsaturated/α-hetero) is 2. The van der Waals surface area contributed by atoms with E-state index in [0.29, 0.717) is 5.57 Å². The molecule has 2 atom stereocenters. The molecule has 2 aliphatic rings. The van der Waals surface area contributed by atoms with E-state index in [1.807, 2.05) is 0 Å². The molecule has 0 aromatic rings. The van der Waals surface area contributed by atoms with Gasteiger partial charge in [0.1, 0.15) is 0 Å². The van der Waals surface area contributed by atoms with Crippen LogP contribution >= 0.6 is 0 Å². The van der Waals surface area contributed by atoms with Crippen LogP contribution in [-0.2, 0) is 9.59 Å². The molecule has 0 aromatic carbocycles. The molecule has 11 heavy (non-hydrogen) atoms. The number of hydrogen-bond donors (Lipinski definition) is 0. The minimum atomic E-state index is 0.0636. The first-order valence-electron chi connectivity index (χ1n) is 4.00. The molecule has 0 bridgehead atoms. The second kappa shape index (κ2) is 2.03. The SMILES string of the molecule is CC=C1C(=O)C2CCC2C1=O. The lowest BCUT2D eigenvalue weighted by Gasteiger charge is -2.25. The molecule has 58 valence electrons. The molecule has 2 unspecified atom stereocenters. The predicted octanol–water partition coefficient (Wildman–Crippen LogP) is 1.11. The monoisotopic (exact) mass is 150 g/mol. The summed E-state index contributed by atoms with van der Waals surface area (Å²) in [6.07, 6.45) is 3.50. The first-order valence-corrected chi connectivity index (χ1v) is 4.00. The van der Waals surface area contributed by atoms with E-state index >= 15 is 0 Å². The highest BCUT2D eigenvalue weighted by molar-refractivity contribution is 6.28. The van der Waals surface area contributed by atoms with Gasteiger partial charge < -0.3 is 0 Å². The summed E-state index contributed by atoms with van der Waals surface area (Å²) in [5.74, 6) is 0.310. The van der Waals surface area contributed by atoms with Crippen LogP contribution in [0.4, 0.5) is 0 Å². The Hall–Kier alpha value is -0.920. The van der Waals surface area contributed by atoms with E-state index in [1.54, 1.807) is 13.0 Å². The quantitative estimate of drug-likeness (QED) is 0.383. The number of ketones is 2. The van der Waals surface area contributed by atoms with Crippen LogP contribution in [0.1, 0.15) is 19.8 Å². The van der Waals surface area contributed by atoms with Gasteiger partial charge in [-0.05, 0) is 19.8 Å². The summed E-state index contributed by atoms with van der Waals surface area (Å²) in [6.45, 7) is 1.76. The van der Waals surface area contributed by atoms with Gasteiger partial charge in [0.15, 0.2) is 11.6 Å². The fourth-order valence-electron chi connectivity index (χ4n) is 1.93. The van der Waals surface area contributed by atoms with Crippen LogP contribution in [0, 0.1) is 11.8 Å². The van der Waals surface area contributed by atoms with Gasteiger partial charge in [-0.25, -0.2) is 0 Å². The van der Waals surface area contributed by atoms with Crippen LogP contribution in [0.25, 0.3) is 0 Å². The fourth-order valence-corrected chi connectivity index (χ4v) is 1.93. The maximum atomic E-state index is 11.3. The molecular formula is C9H10O2. The van der Waals surface area contributed by atoms with E-state index in [4.69, 9.17) is 0 Å². The largest absolute Gasteiger partial charge is 0.294 e. The molecule has 2 rings (SSSR count). The summed E-state index contributed by atoms with van der Waals surface area (Å²) in [4.78, 5) is 22.6. The first kappa shape index (κ1) is 6.77. The second-order valence-electron chi connectivity index (χ2n) is 3.22. The smallest absolute Gasteiger partial charge is 0.169 e. The molecule has 0 spiro atoms. The number of allylic oxidation sites excluding steroid dienone is 2. The lowest BCUT2D eigenvalue weighted by Crippen LogP contribution is -2.27. The van der Waals surface area contributed by atoms with Crippen LogP contribution in [0.2, 0.25) is 0 Å². The van der Waals surface area contributed by atoms with E-state index in [0.717, 1.165) is 12.8 Å². The van der Waals surface area contributed by atoms with Crippen molar-refractivity contribution in [3.63, 3.8) is 0 Å². The van der Waals surface area contributed by atoms with E-state index in [-0.39, 0.29) is 23.4 Å². The summed E-state index contributed by atoms with van der Waals surface area (Å²) in [7, 11) is 0. The van der Waals surface area contributed by atoms with Crippen LogP contribution in [0.15, 0.2) is 11.6 Å². The molecule has 0 aromatic heterocycles. The molecule has 2 saturated carbocycles. The Balaban J connectivity index is 2.39. The highest BCUT2D eigenvalue weighted by Gasteiger charge is 2.50. The Kier molecular flexibility index (Phi) is 1.25. The van der Waals surface area contributed by atoms with Gasteiger partial charge in [-0.1, -0.05) is 6.08 Å². The van der Waals surface area contributed by atoms with Gasteiger partial charge in [0.25, 0.3) is 0 Å². The zero-order valence-corrected chi connectivity index (χ0v) is 6.46. The Morgan fingerprint density at radius 3 is 1.91 bits per heavy atom. The molecule has 2 fully saturated rings. The zero-order valence-electron chi connectivity index (χ0n) is 6.46. The number of rotatable bonds is 0. The van der Waals surface area contributed by atoms with Gasteiger partial charge in [0.05, 0.1) is 5.57 Å². The number of carbonyl (C=O) groups is 2. The van der Waals surface area contributed by atoms with E-state index < -0.39 is 0 Å². The van der Waals surface area contributed by atoms with Gasteiger partial charge in [0, 0.05) is 11.8 Å². The summed E-state index contributed by atoms with van der Waals surface area (Å²) >= 11 is 0. The lowest BCUT2D eigenvalue weighted by atomic mass is 9.76. The predicted molar refractivity (Wildman–Crippen MR) is 40.0 cm³/mol. The maximum Gasteiger partial charge on any atom is 0.169 e. The maximum absolute atomic E-state index is 11.3. The van der Waals surface area contributed by atoms with Gasteiger partial charge >= 0.3 is 0 Å². The number of carbonyl (C=O) groups excluding carboxylic acids is 2. The molecule has 0 amide bonds. The van der Waals surface area contributed by atoms with Crippen molar-refractivity contribution < 1.29 is 9.59 Å². The minimum absolute atomic E-state index is 0.0636. The third-order valence-corrected chi connectivity index (χ3v) is 2.77. The molecule has 2 heteroatoms. The van der Waals surface area contributed by atoms with Crippen molar-refractivity contribution in [2.75, 3.05) is 0 Å². The zero-order chi connectivity index (χ0) is 8.01. The first-order chi connectivity index (χ1) is 5.25. The van der Waals surface area contributed by atoms with E-state index in [2.05, 4.69) is 0 Å². The lowest BCUT2D eigenvalue weighted by molar-refractivity contribution is -0.123. The van der Waals surface area contributed by atoms with E-state index in [1.165, 1.54) is 0 Å². The average Bonchev–Trinajstić information content (AvgIpc) is 1.99. The minimum Gasteiger partial charge on any atom is -0.294 e. The average molecular weight is 150 g/mol. The normalized spacial score (nSPS) is 35.2. The highest BCUT2D eigenvalue weighted by Crippen LogP contribution is 2.44. The standard InChI is InChI=1S/C9H10O2/c1-2-5-8(10)6-3-4-7(6)9(5)11/h2,6-7H,3-4H2,1H3. The van der Waals surface area contributed by atoms with Crippen molar-refractivity contribution in [3.8, 4) is 0 Å². The molecule has 2 nitrogen and oxygen atoms in total. The van der Waals surface area contributed by atoms with Crippen LogP contribution in [0.3, 0.4) is 0 Å². The molecule has 0 saturated heterocycles. The Morgan fingerprint density at radius 1 is 1.18 bits per heavy atom. The number of hydrogen-bond acceptors (Lipinski definition) is 2. The fraction of sp³-hybridized carbons (Fsp3) is 0.556. The van der Waals surface area contributed by atoms with Crippen LogP contribution in [0.5, 0.6) is 0 Å². The Morgan fingerprint density at radius 2 is 1.64 bits per heavy atom. The highest BCUT2D eigenvalue weighted by atomic mass is 16.2. The number of fused-ring (bicyclic) bond motifs is 1. The summed E-state index contributed by atoms with van der Waals surface area (Å²) in [5, 5.41) is 0. The van der Waals surface area contributed by atoms with Crippen molar-refractivity contribution in [3.05, 3.63) is 11.6 Å². The van der Waals surface area contributed by atoms with Crippen molar-refractivity contribution in [1.82, 2.24) is 0 Å². The Labute approximate surface area is 65.3 Å². The second-order valence-corrected chi connectivity index (χ2v) is 3.22. The van der Waals surface area contributed by atoms with Crippen molar-refractivity contribution >= 4 is 11.6 Å². The van der Waals surface area contributed by atoms with Crippen LogP contribution in [-0.4, -0.2) is 11.6 Å². The van der Waals surface area contributed by atoms with Crippen molar-refractivity contribution in [2.45, 2.75) is 19.8 Å². The molecule has 2 aliphatic carbocycles. The molecular weight excluding hydrogens is 140 g/mol. The van der Waals surface area contributed by atoms with Crippen molar-refractivity contribution in [1.29, 1.82) is 0 Å². The van der Waals surface area contributed by atoms with Gasteiger partial charge in [-0.3, -0.25) is 9.59 Å². The molecule has 0 heterocycles. The van der Waals surface area contributed by atoms with Gasteiger partial charge in [-0.15, -0.1) is 0 Å². The van der Waals surface area contributed by atoms with Gasteiger partial charge in [-0.2, -0.15) is 0 Å². The van der Waals surface area contributed by atoms with E-state index in [9.17, 15) is 9.59 Å². The van der Waals surface area contributed by atoms with Crippen LogP contribution < -0.4 is 0 Å². The third-order valence-electron chi connectivity index (χ3n) is 2.77.